The molecule has 0 bridgehead atoms. The Kier molecular flexibility index (Phi) is 8.84. The van der Waals surface area contributed by atoms with Crippen molar-refractivity contribution >= 4 is 29.9 Å². The van der Waals surface area contributed by atoms with Gasteiger partial charge in [-0.25, -0.2) is 0 Å². The van der Waals surface area contributed by atoms with E-state index in [0.717, 1.165) is 58.7 Å². The molecule has 2 unspecified atom stereocenters. The Bertz CT molecular complexity index is 314. The van der Waals surface area contributed by atoms with Crippen LogP contribution in [0.4, 0.5) is 0 Å². The topological polar surface area (TPSA) is 66.1 Å². The van der Waals surface area contributed by atoms with Gasteiger partial charge in [-0.05, 0) is 26.8 Å². The molecule has 124 valence electrons. The molecule has 0 aliphatic carbocycles. The number of nitrogens with one attached hydrogen (secondary N) is 1. The lowest BCUT2D eigenvalue weighted by molar-refractivity contribution is 0.113. The maximum absolute atomic E-state index is 5.91. The van der Waals surface area contributed by atoms with Gasteiger partial charge in [-0.3, -0.25) is 9.89 Å². The molecule has 2 rings (SSSR count). The van der Waals surface area contributed by atoms with Crippen molar-refractivity contribution in [3.8, 4) is 0 Å². The lowest BCUT2D eigenvalue weighted by atomic mass is 10.2. The van der Waals surface area contributed by atoms with Crippen LogP contribution in [0.3, 0.4) is 0 Å². The Morgan fingerprint density at radius 1 is 1.38 bits per heavy atom. The van der Waals surface area contributed by atoms with Crippen LogP contribution in [0.25, 0.3) is 0 Å². The van der Waals surface area contributed by atoms with Crippen LogP contribution in [0.5, 0.6) is 0 Å². The minimum atomic E-state index is 0. The van der Waals surface area contributed by atoms with Gasteiger partial charge in [0.2, 0.25) is 0 Å². The monoisotopic (exact) mass is 411 g/mol. The number of nitrogens with zero attached hydrogens (tertiary/aromatic N) is 3. The third-order valence-electron chi connectivity index (χ3n) is 4.22. The summed E-state index contributed by atoms with van der Waals surface area (Å²) in [5.41, 5.74) is 5.91. The van der Waals surface area contributed by atoms with Crippen LogP contribution in [0.1, 0.15) is 19.8 Å². The van der Waals surface area contributed by atoms with E-state index in [2.05, 4.69) is 34.1 Å². The largest absolute Gasteiger partial charge is 0.376 e. The van der Waals surface area contributed by atoms with Crippen LogP contribution in [-0.2, 0) is 4.74 Å². The highest BCUT2D eigenvalue weighted by atomic mass is 127. The zero-order valence-corrected chi connectivity index (χ0v) is 15.6. The summed E-state index contributed by atoms with van der Waals surface area (Å²) in [6, 6.07) is 0.451. The Morgan fingerprint density at radius 3 is 2.71 bits per heavy atom. The van der Waals surface area contributed by atoms with Gasteiger partial charge in [0, 0.05) is 45.4 Å². The van der Waals surface area contributed by atoms with Crippen molar-refractivity contribution in [3.63, 3.8) is 0 Å². The summed E-state index contributed by atoms with van der Waals surface area (Å²) >= 11 is 0. The first kappa shape index (κ1) is 18.9. The second-order valence-corrected chi connectivity index (χ2v) is 5.93. The van der Waals surface area contributed by atoms with Gasteiger partial charge in [-0.15, -0.1) is 24.0 Å². The smallest absolute Gasteiger partial charge is 0.188 e. The van der Waals surface area contributed by atoms with E-state index in [1.807, 2.05) is 0 Å². The van der Waals surface area contributed by atoms with Crippen LogP contribution in [-0.4, -0.2) is 80.8 Å². The molecule has 3 N–H and O–H groups in total. The van der Waals surface area contributed by atoms with Gasteiger partial charge in [-0.1, -0.05) is 0 Å². The summed E-state index contributed by atoms with van der Waals surface area (Å²) < 4.78 is 5.55. The van der Waals surface area contributed by atoms with Crippen molar-refractivity contribution in [2.24, 2.45) is 10.7 Å². The number of rotatable bonds is 5. The van der Waals surface area contributed by atoms with Crippen molar-refractivity contribution < 1.29 is 4.74 Å². The number of hydrogen-bond donors (Lipinski definition) is 2. The van der Waals surface area contributed by atoms with E-state index in [9.17, 15) is 0 Å². The summed E-state index contributed by atoms with van der Waals surface area (Å²) in [6.45, 7) is 9.16. The molecule has 0 spiro atoms. The van der Waals surface area contributed by atoms with Gasteiger partial charge in [0.1, 0.15) is 0 Å². The Labute approximate surface area is 145 Å². The van der Waals surface area contributed by atoms with Crippen molar-refractivity contribution in [1.29, 1.82) is 0 Å². The number of aliphatic imine (C=N–C) groups is 1. The highest BCUT2D eigenvalue weighted by Crippen LogP contribution is 2.10. The fraction of sp³-hybridized carbons (Fsp3) is 0.929. The van der Waals surface area contributed by atoms with Crippen LogP contribution in [0, 0.1) is 0 Å². The first-order chi connectivity index (χ1) is 9.65. The van der Waals surface area contributed by atoms with E-state index in [4.69, 9.17) is 10.5 Å². The number of halogens is 1. The quantitative estimate of drug-likeness (QED) is 0.388. The van der Waals surface area contributed by atoms with Gasteiger partial charge >= 0.3 is 0 Å². The molecule has 2 heterocycles. The molecule has 6 nitrogen and oxygen atoms in total. The molecule has 2 fully saturated rings. The summed E-state index contributed by atoms with van der Waals surface area (Å²) in [4.78, 5) is 9.30. The standard InChI is InChI=1S/C14H29N5O.HI/c1-12(19-7-5-18(2)6-8-19)10-16-14(15)17-11-13-4-3-9-20-13;/h12-13H,3-11H2,1-2H3,(H3,15,16,17);1H. The van der Waals surface area contributed by atoms with E-state index in [1.165, 1.54) is 0 Å². The predicted molar refractivity (Wildman–Crippen MR) is 97.4 cm³/mol. The SMILES string of the molecule is CC(CN=C(N)NCC1CCCO1)N1CCN(C)CC1.I. The van der Waals surface area contributed by atoms with E-state index in [-0.39, 0.29) is 24.0 Å². The minimum Gasteiger partial charge on any atom is -0.376 e. The maximum Gasteiger partial charge on any atom is 0.188 e. The molecule has 2 aliphatic heterocycles. The number of hydrogen-bond acceptors (Lipinski definition) is 4. The Balaban J connectivity index is 0.00000220. The Hall–Kier alpha value is -0.120. The molecule has 0 aromatic rings. The second kappa shape index (κ2) is 9.81. The molecular formula is C14H30IN5O. The fourth-order valence-electron chi connectivity index (χ4n) is 2.69. The number of nitrogens with two attached hydrogens (primary N) is 1. The molecule has 2 saturated heterocycles. The highest BCUT2D eigenvalue weighted by molar-refractivity contribution is 14.0. The normalized spacial score (nSPS) is 26.4. The van der Waals surface area contributed by atoms with Gasteiger partial charge < -0.3 is 20.7 Å². The van der Waals surface area contributed by atoms with Crippen molar-refractivity contribution in [2.45, 2.75) is 31.9 Å². The number of guanidine groups is 1. The summed E-state index contributed by atoms with van der Waals surface area (Å²) in [5, 5.41) is 3.17. The molecular weight excluding hydrogens is 381 g/mol. The van der Waals surface area contributed by atoms with Crippen LogP contribution in [0.15, 0.2) is 4.99 Å². The van der Waals surface area contributed by atoms with Gasteiger partial charge in [0.25, 0.3) is 0 Å². The lowest BCUT2D eigenvalue weighted by Crippen LogP contribution is -2.49. The second-order valence-electron chi connectivity index (χ2n) is 5.93. The van der Waals surface area contributed by atoms with Crippen LogP contribution >= 0.6 is 24.0 Å². The van der Waals surface area contributed by atoms with Crippen LogP contribution in [0.2, 0.25) is 0 Å². The number of likely N-dealkylation sites (N-methyl/N-ethyl adjacent to an activating group) is 1. The van der Waals surface area contributed by atoms with Crippen molar-refractivity contribution in [2.75, 3.05) is 52.9 Å². The fourth-order valence-corrected chi connectivity index (χ4v) is 2.69. The molecule has 21 heavy (non-hydrogen) atoms. The molecule has 7 heteroatoms. The van der Waals surface area contributed by atoms with Gasteiger partial charge in [0.15, 0.2) is 5.96 Å². The summed E-state index contributed by atoms with van der Waals surface area (Å²) in [6.07, 6.45) is 2.58. The molecule has 0 aromatic carbocycles. The maximum atomic E-state index is 5.91. The van der Waals surface area contributed by atoms with Gasteiger partial charge in [0.05, 0.1) is 12.6 Å². The zero-order chi connectivity index (χ0) is 14.4. The van der Waals surface area contributed by atoms with E-state index >= 15 is 0 Å². The number of piperazine rings is 1. The molecule has 2 aliphatic rings. The van der Waals surface area contributed by atoms with E-state index in [0.29, 0.717) is 18.1 Å². The van der Waals surface area contributed by atoms with E-state index < -0.39 is 0 Å². The van der Waals surface area contributed by atoms with Crippen LogP contribution < -0.4 is 11.1 Å². The van der Waals surface area contributed by atoms with Crippen molar-refractivity contribution in [3.05, 3.63) is 0 Å². The molecule has 0 saturated carbocycles. The van der Waals surface area contributed by atoms with E-state index in [1.54, 1.807) is 0 Å². The predicted octanol–water partition coefficient (Wildman–Crippen LogP) is 0.324. The molecule has 0 aromatic heterocycles. The third kappa shape index (κ3) is 6.66. The third-order valence-corrected chi connectivity index (χ3v) is 4.22. The average molecular weight is 411 g/mol. The highest BCUT2D eigenvalue weighted by Gasteiger charge is 2.19. The first-order valence-corrected chi connectivity index (χ1v) is 7.73. The summed E-state index contributed by atoms with van der Waals surface area (Å²) in [7, 11) is 2.17. The molecule has 2 atom stereocenters. The van der Waals surface area contributed by atoms with Gasteiger partial charge in [-0.2, -0.15) is 0 Å². The number of ether oxygens (including phenoxy) is 1. The molecule has 0 radical (unpaired) electrons. The molecule has 0 amide bonds. The summed E-state index contributed by atoms with van der Waals surface area (Å²) in [5.74, 6) is 0.543. The lowest BCUT2D eigenvalue weighted by Gasteiger charge is -2.35. The zero-order valence-electron chi connectivity index (χ0n) is 13.3. The average Bonchev–Trinajstić information content (AvgIpc) is 2.96. The Morgan fingerprint density at radius 2 is 2.10 bits per heavy atom. The van der Waals surface area contributed by atoms with Crippen molar-refractivity contribution in [1.82, 2.24) is 15.1 Å². The first-order valence-electron chi connectivity index (χ1n) is 7.73. The minimum absolute atomic E-state index is 0.